The summed E-state index contributed by atoms with van der Waals surface area (Å²) in [5.74, 6) is 2.41. The van der Waals surface area contributed by atoms with Gasteiger partial charge in [0.15, 0.2) is 0 Å². The van der Waals surface area contributed by atoms with Crippen LogP contribution in [-0.2, 0) is 6.42 Å². The van der Waals surface area contributed by atoms with Crippen molar-refractivity contribution in [2.45, 2.75) is 46.0 Å². The SMILES string of the molecule is C=C1CCCC(C)(C)C1CCc1ccc2c(OC)ccc(OC)c2c1. The highest BCUT2D eigenvalue weighted by Gasteiger charge is 2.33. The van der Waals surface area contributed by atoms with E-state index in [2.05, 4.69) is 38.6 Å². The molecule has 0 radical (unpaired) electrons. The fourth-order valence-corrected chi connectivity index (χ4v) is 4.43. The Morgan fingerprint density at radius 2 is 1.72 bits per heavy atom. The van der Waals surface area contributed by atoms with Gasteiger partial charge in [0.2, 0.25) is 0 Å². The molecule has 0 aromatic heterocycles. The van der Waals surface area contributed by atoms with Crippen LogP contribution in [0.3, 0.4) is 0 Å². The van der Waals surface area contributed by atoms with Crippen molar-refractivity contribution >= 4 is 10.8 Å². The molecular formula is C23H30O2. The van der Waals surface area contributed by atoms with E-state index < -0.39 is 0 Å². The number of methoxy groups -OCH3 is 2. The highest BCUT2D eigenvalue weighted by atomic mass is 16.5. The molecule has 0 heterocycles. The number of benzene rings is 2. The van der Waals surface area contributed by atoms with Crippen LogP contribution in [0.25, 0.3) is 10.8 Å². The number of hydrogen-bond donors (Lipinski definition) is 0. The van der Waals surface area contributed by atoms with Gasteiger partial charge in [-0.3, -0.25) is 0 Å². The first-order valence-corrected chi connectivity index (χ1v) is 9.27. The molecule has 0 bridgehead atoms. The summed E-state index contributed by atoms with van der Waals surface area (Å²) in [6.45, 7) is 9.17. The lowest BCUT2D eigenvalue weighted by Crippen LogP contribution is -2.29. The number of fused-ring (bicyclic) bond motifs is 1. The average Bonchev–Trinajstić information content (AvgIpc) is 2.59. The minimum Gasteiger partial charge on any atom is -0.496 e. The summed E-state index contributed by atoms with van der Waals surface area (Å²) < 4.78 is 11.1. The van der Waals surface area contributed by atoms with Crippen molar-refractivity contribution < 1.29 is 9.47 Å². The molecule has 2 heteroatoms. The van der Waals surface area contributed by atoms with Gasteiger partial charge in [0.25, 0.3) is 0 Å². The Kier molecular flexibility index (Phi) is 5.08. The first-order valence-electron chi connectivity index (χ1n) is 9.27. The summed E-state index contributed by atoms with van der Waals surface area (Å²) in [6.07, 6.45) is 6.03. The topological polar surface area (TPSA) is 18.5 Å². The van der Waals surface area contributed by atoms with E-state index in [0.29, 0.717) is 11.3 Å². The van der Waals surface area contributed by atoms with Crippen LogP contribution in [0, 0.1) is 11.3 Å². The summed E-state index contributed by atoms with van der Waals surface area (Å²) in [5, 5.41) is 2.23. The fraction of sp³-hybridized carbons (Fsp3) is 0.478. The van der Waals surface area contributed by atoms with Crippen LogP contribution in [0.5, 0.6) is 11.5 Å². The van der Waals surface area contributed by atoms with Crippen LogP contribution in [0.2, 0.25) is 0 Å². The van der Waals surface area contributed by atoms with Crippen molar-refractivity contribution in [2.75, 3.05) is 14.2 Å². The van der Waals surface area contributed by atoms with Crippen molar-refractivity contribution in [3.05, 3.63) is 48.0 Å². The standard InChI is InChI=1S/C23H30O2/c1-16-7-6-14-23(2,3)20(16)11-9-17-8-10-18-19(15-17)22(25-5)13-12-21(18)24-4/h8,10,12-13,15,20H,1,6-7,9,11,14H2,2-5H3. The van der Waals surface area contributed by atoms with E-state index in [9.17, 15) is 0 Å². The third-order valence-electron chi connectivity index (χ3n) is 5.92. The normalized spacial score (nSPS) is 19.8. The Balaban J connectivity index is 1.86. The third kappa shape index (κ3) is 3.53. The lowest BCUT2D eigenvalue weighted by Gasteiger charge is -2.40. The second-order valence-electron chi connectivity index (χ2n) is 7.94. The lowest BCUT2D eigenvalue weighted by atomic mass is 9.65. The maximum Gasteiger partial charge on any atom is 0.126 e. The van der Waals surface area contributed by atoms with E-state index in [4.69, 9.17) is 9.47 Å². The third-order valence-corrected chi connectivity index (χ3v) is 5.92. The van der Waals surface area contributed by atoms with Gasteiger partial charge in [-0.25, -0.2) is 0 Å². The Morgan fingerprint density at radius 1 is 1.04 bits per heavy atom. The molecule has 2 aromatic carbocycles. The van der Waals surface area contributed by atoms with Crippen LogP contribution in [0.4, 0.5) is 0 Å². The maximum absolute atomic E-state index is 5.56. The Morgan fingerprint density at radius 3 is 2.36 bits per heavy atom. The molecule has 1 atom stereocenters. The predicted octanol–water partition coefficient (Wildman–Crippen LogP) is 6.17. The largest absolute Gasteiger partial charge is 0.496 e. The lowest BCUT2D eigenvalue weighted by molar-refractivity contribution is 0.180. The molecule has 2 aromatic rings. The van der Waals surface area contributed by atoms with Crippen LogP contribution in [0.1, 0.15) is 45.1 Å². The van der Waals surface area contributed by atoms with Crippen molar-refractivity contribution in [3.63, 3.8) is 0 Å². The molecule has 25 heavy (non-hydrogen) atoms. The van der Waals surface area contributed by atoms with E-state index in [1.807, 2.05) is 12.1 Å². The molecule has 0 aliphatic heterocycles. The van der Waals surface area contributed by atoms with Crippen LogP contribution >= 0.6 is 0 Å². The number of hydrogen-bond acceptors (Lipinski definition) is 2. The summed E-state index contributed by atoms with van der Waals surface area (Å²) in [6, 6.07) is 10.6. The van der Waals surface area contributed by atoms with Gasteiger partial charge in [-0.2, -0.15) is 0 Å². The quantitative estimate of drug-likeness (QED) is 0.607. The van der Waals surface area contributed by atoms with Gasteiger partial charge >= 0.3 is 0 Å². The van der Waals surface area contributed by atoms with Gasteiger partial charge in [0, 0.05) is 10.8 Å². The van der Waals surface area contributed by atoms with Crippen LogP contribution < -0.4 is 9.47 Å². The second kappa shape index (κ2) is 7.11. The maximum atomic E-state index is 5.56. The fourth-order valence-electron chi connectivity index (χ4n) is 4.43. The van der Waals surface area contributed by atoms with E-state index in [0.717, 1.165) is 28.7 Å². The molecule has 2 nitrogen and oxygen atoms in total. The molecule has 1 unspecified atom stereocenters. The number of rotatable bonds is 5. The zero-order valence-corrected chi connectivity index (χ0v) is 16.0. The molecule has 134 valence electrons. The van der Waals surface area contributed by atoms with Gasteiger partial charge in [-0.15, -0.1) is 0 Å². The minimum atomic E-state index is 0.368. The molecule has 3 rings (SSSR count). The number of aryl methyl sites for hydroxylation is 1. The average molecular weight is 338 g/mol. The van der Waals surface area contributed by atoms with Gasteiger partial charge in [-0.1, -0.05) is 38.1 Å². The van der Waals surface area contributed by atoms with Crippen molar-refractivity contribution in [1.82, 2.24) is 0 Å². The van der Waals surface area contributed by atoms with Crippen molar-refractivity contribution in [3.8, 4) is 11.5 Å². The molecular weight excluding hydrogens is 308 g/mol. The van der Waals surface area contributed by atoms with E-state index in [1.54, 1.807) is 14.2 Å². The second-order valence-corrected chi connectivity index (χ2v) is 7.94. The molecule has 1 fully saturated rings. The van der Waals surface area contributed by atoms with Gasteiger partial charge < -0.3 is 9.47 Å². The summed E-state index contributed by atoms with van der Waals surface area (Å²) >= 11 is 0. The highest BCUT2D eigenvalue weighted by molar-refractivity contribution is 5.93. The van der Waals surface area contributed by atoms with Gasteiger partial charge in [0.05, 0.1) is 14.2 Å². The Bertz CT molecular complexity index is 773. The zero-order valence-electron chi connectivity index (χ0n) is 16.0. The summed E-state index contributed by atoms with van der Waals surface area (Å²) in [7, 11) is 3.44. The summed E-state index contributed by atoms with van der Waals surface area (Å²) in [4.78, 5) is 0. The van der Waals surface area contributed by atoms with Crippen molar-refractivity contribution in [2.24, 2.45) is 11.3 Å². The Labute approximate surface area is 151 Å². The van der Waals surface area contributed by atoms with Crippen LogP contribution in [0.15, 0.2) is 42.5 Å². The molecule has 1 saturated carbocycles. The smallest absolute Gasteiger partial charge is 0.126 e. The Hall–Kier alpha value is -1.96. The molecule has 0 N–H and O–H groups in total. The molecule has 0 saturated heterocycles. The molecule has 0 spiro atoms. The monoisotopic (exact) mass is 338 g/mol. The number of ether oxygens (including phenoxy) is 2. The first kappa shape index (κ1) is 17.8. The van der Waals surface area contributed by atoms with Crippen LogP contribution in [-0.4, -0.2) is 14.2 Å². The molecule has 1 aliphatic rings. The number of allylic oxidation sites excluding steroid dienone is 1. The zero-order chi connectivity index (χ0) is 18.0. The van der Waals surface area contributed by atoms with Gasteiger partial charge in [0.1, 0.15) is 11.5 Å². The first-order chi connectivity index (χ1) is 12.0. The van der Waals surface area contributed by atoms with E-state index >= 15 is 0 Å². The summed E-state index contributed by atoms with van der Waals surface area (Å²) in [5.41, 5.74) is 3.16. The molecule has 1 aliphatic carbocycles. The molecule has 0 amide bonds. The van der Waals surface area contributed by atoms with E-state index in [1.165, 1.54) is 36.8 Å². The van der Waals surface area contributed by atoms with Crippen molar-refractivity contribution in [1.29, 1.82) is 0 Å². The van der Waals surface area contributed by atoms with E-state index in [-0.39, 0.29) is 0 Å². The highest BCUT2D eigenvalue weighted by Crippen LogP contribution is 2.45. The minimum absolute atomic E-state index is 0.368. The predicted molar refractivity (Wildman–Crippen MR) is 106 cm³/mol. The van der Waals surface area contributed by atoms with Gasteiger partial charge in [-0.05, 0) is 67.2 Å².